The molecule has 1 aromatic carbocycles. The second kappa shape index (κ2) is 8.22. The number of carbonyl (C=O) groups excluding carboxylic acids is 1. The van der Waals surface area contributed by atoms with Crippen molar-refractivity contribution in [2.45, 2.75) is 50.6 Å². The normalized spacial score (nSPS) is 22.9. The van der Waals surface area contributed by atoms with Crippen molar-refractivity contribution in [1.82, 2.24) is 14.5 Å². The zero-order valence-corrected chi connectivity index (χ0v) is 19.6. The molecule has 1 N–H and O–H groups in total. The van der Waals surface area contributed by atoms with Crippen LogP contribution in [0.3, 0.4) is 0 Å². The van der Waals surface area contributed by atoms with Crippen molar-refractivity contribution in [3.63, 3.8) is 0 Å². The quantitative estimate of drug-likeness (QED) is 0.724. The highest BCUT2D eigenvalue weighted by Gasteiger charge is 2.34. The van der Waals surface area contributed by atoms with Crippen molar-refractivity contribution in [2.75, 3.05) is 37.7 Å². The molecule has 0 bridgehead atoms. The van der Waals surface area contributed by atoms with Crippen LogP contribution in [0.5, 0.6) is 0 Å². The summed E-state index contributed by atoms with van der Waals surface area (Å²) in [4.78, 5) is 17.0. The van der Waals surface area contributed by atoms with E-state index in [-0.39, 0.29) is 28.4 Å². The second-order valence-electron chi connectivity index (χ2n) is 9.22. The largest absolute Gasteiger partial charge is 0.336 e. The third kappa shape index (κ3) is 5.40. The molecule has 1 aromatic rings. The van der Waals surface area contributed by atoms with Crippen molar-refractivity contribution in [2.24, 2.45) is 0 Å². The highest BCUT2D eigenvalue weighted by atomic mass is 32.2. The van der Waals surface area contributed by atoms with Gasteiger partial charge in [0.05, 0.1) is 16.4 Å². The number of amides is 1. The molecule has 1 unspecified atom stereocenters. The number of hydrogen-bond acceptors (Lipinski definition) is 6. The zero-order chi connectivity index (χ0) is 22.3. The Balaban J connectivity index is 1.72. The molecule has 0 spiro atoms. The van der Waals surface area contributed by atoms with Crippen molar-refractivity contribution < 1.29 is 21.6 Å². The summed E-state index contributed by atoms with van der Waals surface area (Å²) in [6.45, 7) is 9.31. The Morgan fingerprint density at radius 3 is 2.30 bits per heavy atom. The lowest BCUT2D eigenvalue weighted by Crippen LogP contribution is -2.52. The number of benzene rings is 1. The Labute approximate surface area is 179 Å². The van der Waals surface area contributed by atoms with Gasteiger partial charge < -0.3 is 4.90 Å². The van der Waals surface area contributed by atoms with Gasteiger partial charge in [0.15, 0.2) is 9.84 Å². The smallest absolute Gasteiger partial charge is 0.254 e. The van der Waals surface area contributed by atoms with Gasteiger partial charge in [-0.1, -0.05) is 6.07 Å². The minimum Gasteiger partial charge on any atom is -0.336 e. The first-order chi connectivity index (χ1) is 13.8. The Morgan fingerprint density at radius 1 is 1.13 bits per heavy atom. The van der Waals surface area contributed by atoms with Gasteiger partial charge in [-0.15, -0.1) is 0 Å². The van der Waals surface area contributed by atoms with Gasteiger partial charge in [-0.3, -0.25) is 9.69 Å². The molecule has 0 aliphatic carbocycles. The van der Waals surface area contributed by atoms with E-state index in [9.17, 15) is 21.6 Å². The Hall–Kier alpha value is -1.49. The predicted octanol–water partition coefficient (Wildman–Crippen LogP) is 1.02. The summed E-state index contributed by atoms with van der Waals surface area (Å²) in [5, 5.41) is 0. The number of rotatable bonds is 4. The van der Waals surface area contributed by atoms with Crippen molar-refractivity contribution in [3.05, 3.63) is 29.3 Å². The number of carbonyl (C=O) groups is 1. The average molecular weight is 458 g/mol. The molecule has 2 fully saturated rings. The van der Waals surface area contributed by atoms with Gasteiger partial charge in [-0.2, -0.15) is 0 Å². The minimum atomic E-state index is -3.74. The maximum Gasteiger partial charge on any atom is 0.254 e. The molecule has 0 saturated carbocycles. The number of nitrogens with zero attached hydrogens (tertiary/aromatic N) is 2. The number of hydrogen-bond donors (Lipinski definition) is 1. The topological polar surface area (TPSA) is 104 Å². The number of nitrogens with one attached hydrogen (secondary N) is 1. The van der Waals surface area contributed by atoms with Gasteiger partial charge in [0.25, 0.3) is 5.91 Å². The lowest BCUT2D eigenvalue weighted by atomic mass is 10.1. The SMILES string of the molecule is Cc1ccc(S(=O)(=O)NC(C)(C)C)cc1C(=O)N1CCN(C2CCS(=O)(=O)C2)CC1. The first kappa shape index (κ1) is 23.2. The molecule has 2 aliphatic heterocycles. The first-order valence-electron chi connectivity index (χ1n) is 10.2. The Bertz CT molecular complexity index is 1020. The Kier molecular flexibility index (Phi) is 6.35. The second-order valence-corrected chi connectivity index (χ2v) is 13.1. The predicted molar refractivity (Wildman–Crippen MR) is 116 cm³/mol. The summed E-state index contributed by atoms with van der Waals surface area (Å²) in [6, 6.07) is 4.65. The number of sulfone groups is 1. The van der Waals surface area contributed by atoms with Crippen LogP contribution in [0.4, 0.5) is 0 Å². The first-order valence-corrected chi connectivity index (χ1v) is 13.5. The fourth-order valence-corrected chi connectivity index (χ4v) is 7.19. The number of piperazine rings is 1. The highest BCUT2D eigenvalue weighted by Crippen LogP contribution is 2.22. The molecular formula is C20H31N3O5S2. The molecule has 30 heavy (non-hydrogen) atoms. The van der Waals surface area contributed by atoms with Crippen LogP contribution in [0.1, 0.15) is 43.1 Å². The monoisotopic (exact) mass is 457 g/mol. The van der Waals surface area contributed by atoms with Crippen LogP contribution >= 0.6 is 0 Å². The summed E-state index contributed by atoms with van der Waals surface area (Å²) in [6.07, 6.45) is 0.649. The summed E-state index contributed by atoms with van der Waals surface area (Å²) >= 11 is 0. The van der Waals surface area contributed by atoms with Crippen molar-refractivity contribution in [3.8, 4) is 0 Å². The van der Waals surface area contributed by atoms with E-state index in [1.165, 1.54) is 12.1 Å². The van der Waals surface area contributed by atoms with Crippen molar-refractivity contribution >= 4 is 25.8 Å². The van der Waals surface area contributed by atoms with Crippen LogP contribution in [0.25, 0.3) is 0 Å². The van der Waals surface area contributed by atoms with Crippen LogP contribution in [0, 0.1) is 6.92 Å². The van der Waals surface area contributed by atoms with E-state index in [0.29, 0.717) is 38.2 Å². The lowest BCUT2D eigenvalue weighted by Gasteiger charge is -2.37. The molecule has 1 atom stereocenters. The lowest BCUT2D eigenvalue weighted by molar-refractivity contribution is 0.0587. The molecule has 0 radical (unpaired) electrons. The summed E-state index contributed by atoms with van der Waals surface area (Å²) in [5.74, 6) is 0.236. The van der Waals surface area contributed by atoms with Gasteiger partial charge in [0.2, 0.25) is 10.0 Å². The third-order valence-electron chi connectivity index (χ3n) is 5.52. The van der Waals surface area contributed by atoms with E-state index in [1.807, 2.05) is 0 Å². The molecule has 10 heteroatoms. The average Bonchev–Trinajstić information content (AvgIpc) is 2.99. The molecular weight excluding hydrogens is 426 g/mol. The van der Waals surface area contributed by atoms with Crippen LogP contribution in [-0.2, 0) is 19.9 Å². The number of sulfonamides is 1. The fraction of sp³-hybridized carbons (Fsp3) is 0.650. The Morgan fingerprint density at radius 2 is 1.77 bits per heavy atom. The standard InChI is InChI=1S/C20H31N3O5S2/c1-15-5-6-17(30(27,28)21-20(2,3)4)13-18(15)19(24)23-10-8-22(9-11-23)16-7-12-29(25,26)14-16/h5-6,13,16,21H,7-12,14H2,1-4H3. The third-order valence-corrected chi connectivity index (χ3v) is 9.02. The molecule has 2 aliphatic rings. The molecule has 168 valence electrons. The summed E-state index contributed by atoms with van der Waals surface area (Å²) in [7, 11) is -6.68. The zero-order valence-electron chi connectivity index (χ0n) is 18.0. The van der Waals surface area contributed by atoms with Crippen LogP contribution in [0.2, 0.25) is 0 Å². The van der Waals surface area contributed by atoms with E-state index in [2.05, 4.69) is 9.62 Å². The highest BCUT2D eigenvalue weighted by molar-refractivity contribution is 7.91. The summed E-state index contributed by atoms with van der Waals surface area (Å²) < 4.78 is 51.4. The van der Waals surface area contributed by atoms with Crippen LogP contribution < -0.4 is 4.72 Å². The molecule has 0 aromatic heterocycles. The maximum atomic E-state index is 13.1. The van der Waals surface area contributed by atoms with Crippen molar-refractivity contribution in [1.29, 1.82) is 0 Å². The molecule has 2 saturated heterocycles. The molecule has 1 amide bonds. The molecule has 8 nitrogen and oxygen atoms in total. The van der Waals surface area contributed by atoms with Crippen LogP contribution in [-0.4, -0.2) is 81.8 Å². The molecule has 2 heterocycles. The fourth-order valence-electron chi connectivity index (χ4n) is 3.98. The van der Waals surface area contributed by atoms with Gasteiger partial charge in [-0.25, -0.2) is 21.6 Å². The van der Waals surface area contributed by atoms with Gasteiger partial charge in [-0.05, 0) is 51.8 Å². The summed E-state index contributed by atoms with van der Waals surface area (Å²) in [5.41, 5.74) is 0.473. The van der Waals surface area contributed by atoms with Gasteiger partial charge >= 0.3 is 0 Å². The van der Waals surface area contributed by atoms with Gasteiger partial charge in [0.1, 0.15) is 0 Å². The van der Waals surface area contributed by atoms with E-state index in [4.69, 9.17) is 0 Å². The van der Waals surface area contributed by atoms with E-state index >= 15 is 0 Å². The maximum absolute atomic E-state index is 13.1. The van der Waals surface area contributed by atoms with E-state index < -0.39 is 25.4 Å². The van der Waals surface area contributed by atoms with Gasteiger partial charge in [0, 0.05) is 43.3 Å². The van der Waals surface area contributed by atoms with E-state index in [1.54, 1.807) is 38.7 Å². The van der Waals surface area contributed by atoms with Crippen LogP contribution in [0.15, 0.2) is 23.1 Å². The molecule has 3 rings (SSSR count). The number of aryl methyl sites for hydroxylation is 1. The minimum absolute atomic E-state index is 0.0333. The van der Waals surface area contributed by atoms with E-state index in [0.717, 1.165) is 5.56 Å².